The minimum absolute atomic E-state index is 0.0550. The monoisotopic (exact) mass is 416 g/mol. The zero-order valence-corrected chi connectivity index (χ0v) is 15.3. The molecule has 0 amide bonds. The highest BCUT2D eigenvalue weighted by molar-refractivity contribution is 9.10. The smallest absolute Gasteiger partial charge is 0.119 e. The molecule has 5 nitrogen and oxygen atoms in total. The van der Waals surface area contributed by atoms with Crippen molar-refractivity contribution < 1.29 is 4.74 Å². The van der Waals surface area contributed by atoms with E-state index in [1.807, 2.05) is 36.9 Å². The summed E-state index contributed by atoms with van der Waals surface area (Å²) in [5.74, 6) is 6.56. The molecule has 0 saturated heterocycles. The first kappa shape index (κ1) is 16.5. The lowest BCUT2D eigenvalue weighted by Crippen LogP contribution is -2.30. The summed E-state index contributed by atoms with van der Waals surface area (Å²) in [6.07, 6.45) is 0.709. The molecule has 0 aliphatic heterocycles. The Hall–Kier alpha value is -0.890. The predicted molar refractivity (Wildman–Crippen MR) is 90.1 cm³/mol. The van der Waals surface area contributed by atoms with Gasteiger partial charge in [-0.15, -0.1) is 0 Å². The summed E-state index contributed by atoms with van der Waals surface area (Å²) in [5, 5.41) is 4.41. The van der Waals surface area contributed by atoms with Crippen LogP contribution in [0, 0.1) is 6.92 Å². The fourth-order valence-electron chi connectivity index (χ4n) is 2.27. The minimum Gasteiger partial charge on any atom is -0.497 e. The summed E-state index contributed by atoms with van der Waals surface area (Å²) in [6, 6.07) is 5.79. The van der Waals surface area contributed by atoms with E-state index in [1.54, 1.807) is 7.11 Å². The molecule has 0 radical (unpaired) electrons. The van der Waals surface area contributed by atoms with Gasteiger partial charge in [-0.3, -0.25) is 16.0 Å². The Morgan fingerprint density at radius 2 is 2.14 bits per heavy atom. The number of aromatic nitrogens is 2. The van der Waals surface area contributed by atoms with Gasteiger partial charge in [0, 0.05) is 17.9 Å². The second kappa shape index (κ2) is 6.91. The third-order valence-corrected chi connectivity index (χ3v) is 5.19. The van der Waals surface area contributed by atoms with Gasteiger partial charge in [-0.25, -0.2) is 0 Å². The fourth-order valence-corrected chi connectivity index (χ4v) is 3.29. The van der Waals surface area contributed by atoms with Crippen molar-refractivity contribution in [2.24, 2.45) is 12.9 Å². The minimum atomic E-state index is -0.0550. The molecule has 21 heavy (non-hydrogen) atoms. The molecular weight excluding hydrogens is 400 g/mol. The number of methoxy groups -OCH3 is 1. The molecule has 0 aliphatic rings. The molecule has 1 aromatic carbocycles. The largest absolute Gasteiger partial charge is 0.497 e. The predicted octanol–water partition coefficient (Wildman–Crippen LogP) is 3.01. The number of nitrogens with zero attached hydrogens (tertiary/aromatic N) is 2. The van der Waals surface area contributed by atoms with Crippen molar-refractivity contribution in [1.82, 2.24) is 15.2 Å². The van der Waals surface area contributed by atoms with E-state index in [1.165, 1.54) is 0 Å². The standard InChI is InChI=1S/C14H18Br2N4O/c1-8-14(16)13(20(2)19-8)7-12(18-17)10-6-9(21-3)4-5-11(10)15/h4-6,12,18H,7,17H2,1-3H3. The number of nitrogens with one attached hydrogen (secondary N) is 1. The summed E-state index contributed by atoms with van der Waals surface area (Å²) in [7, 11) is 3.58. The molecular formula is C14H18Br2N4O. The lowest BCUT2D eigenvalue weighted by molar-refractivity contribution is 0.412. The second-order valence-electron chi connectivity index (χ2n) is 4.78. The number of nitrogens with two attached hydrogens (primary N) is 1. The first-order chi connectivity index (χ1) is 9.97. The van der Waals surface area contributed by atoms with E-state index >= 15 is 0 Å². The van der Waals surface area contributed by atoms with Gasteiger partial charge in [0.1, 0.15) is 5.75 Å². The summed E-state index contributed by atoms with van der Waals surface area (Å²) < 4.78 is 9.17. The van der Waals surface area contributed by atoms with Gasteiger partial charge < -0.3 is 4.74 Å². The maximum absolute atomic E-state index is 5.76. The van der Waals surface area contributed by atoms with Gasteiger partial charge in [0.05, 0.1) is 29.0 Å². The van der Waals surface area contributed by atoms with Crippen molar-refractivity contribution >= 4 is 31.9 Å². The maximum atomic E-state index is 5.76. The average molecular weight is 418 g/mol. The maximum Gasteiger partial charge on any atom is 0.119 e. The lowest BCUT2D eigenvalue weighted by atomic mass is 10.0. The van der Waals surface area contributed by atoms with Crippen LogP contribution >= 0.6 is 31.9 Å². The number of halogens is 2. The van der Waals surface area contributed by atoms with Crippen LogP contribution in [0.1, 0.15) is 23.0 Å². The highest BCUT2D eigenvalue weighted by Crippen LogP contribution is 2.31. The average Bonchev–Trinajstić information content (AvgIpc) is 2.71. The normalized spacial score (nSPS) is 12.5. The van der Waals surface area contributed by atoms with E-state index in [9.17, 15) is 0 Å². The molecule has 1 heterocycles. The Kier molecular flexibility index (Phi) is 5.43. The number of ether oxygens (including phenoxy) is 1. The van der Waals surface area contributed by atoms with Crippen LogP contribution in [0.5, 0.6) is 5.75 Å². The Labute approximate surface area is 141 Å². The summed E-state index contributed by atoms with van der Waals surface area (Å²) >= 11 is 7.16. The van der Waals surface area contributed by atoms with Crippen molar-refractivity contribution in [3.8, 4) is 5.75 Å². The molecule has 2 rings (SSSR count). The number of benzene rings is 1. The van der Waals surface area contributed by atoms with Gasteiger partial charge in [0.25, 0.3) is 0 Å². The zero-order valence-electron chi connectivity index (χ0n) is 12.2. The third kappa shape index (κ3) is 3.48. The van der Waals surface area contributed by atoms with Crippen LogP contribution in [0.2, 0.25) is 0 Å². The van der Waals surface area contributed by atoms with Crippen molar-refractivity contribution in [2.45, 2.75) is 19.4 Å². The Bertz CT molecular complexity index is 642. The van der Waals surface area contributed by atoms with E-state index in [4.69, 9.17) is 10.6 Å². The zero-order chi connectivity index (χ0) is 15.6. The molecule has 0 aliphatic carbocycles. The van der Waals surface area contributed by atoms with Crippen molar-refractivity contribution in [3.05, 3.63) is 44.1 Å². The Balaban J connectivity index is 2.36. The second-order valence-corrected chi connectivity index (χ2v) is 6.43. The Morgan fingerprint density at radius 3 is 2.67 bits per heavy atom. The van der Waals surface area contributed by atoms with Gasteiger partial charge in [-0.1, -0.05) is 15.9 Å². The number of hydrazine groups is 1. The van der Waals surface area contributed by atoms with Crippen LogP contribution in [-0.2, 0) is 13.5 Å². The van der Waals surface area contributed by atoms with Gasteiger partial charge in [0.15, 0.2) is 0 Å². The first-order valence-electron chi connectivity index (χ1n) is 6.45. The fraction of sp³-hybridized carbons (Fsp3) is 0.357. The molecule has 7 heteroatoms. The van der Waals surface area contributed by atoms with E-state index in [-0.39, 0.29) is 6.04 Å². The molecule has 114 valence electrons. The van der Waals surface area contributed by atoms with E-state index in [2.05, 4.69) is 42.4 Å². The molecule has 3 N–H and O–H groups in total. The molecule has 1 aromatic heterocycles. The van der Waals surface area contributed by atoms with Crippen molar-refractivity contribution in [1.29, 1.82) is 0 Å². The number of hydrogen-bond acceptors (Lipinski definition) is 4. The molecule has 0 bridgehead atoms. The van der Waals surface area contributed by atoms with Gasteiger partial charge in [-0.2, -0.15) is 5.10 Å². The highest BCUT2D eigenvalue weighted by Gasteiger charge is 2.19. The van der Waals surface area contributed by atoms with Crippen LogP contribution in [-0.4, -0.2) is 16.9 Å². The van der Waals surface area contributed by atoms with Crippen LogP contribution in [0.25, 0.3) is 0 Å². The summed E-state index contributed by atoms with van der Waals surface area (Å²) in [4.78, 5) is 0. The first-order valence-corrected chi connectivity index (χ1v) is 8.04. The number of aryl methyl sites for hydroxylation is 2. The molecule has 1 unspecified atom stereocenters. The number of hydrogen-bond donors (Lipinski definition) is 2. The molecule has 2 aromatic rings. The summed E-state index contributed by atoms with van der Waals surface area (Å²) in [6.45, 7) is 1.97. The molecule has 0 spiro atoms. The van der Waals surface area contributed by atoms with E-state index in [0.29, 0.717) is 6.42 Å². The molecule has 0 fully saturated rings. The van der Waals surface area contributed by atoms with Crippen LogP contribution in [0.3, 0.4) is 0 Å². The van der Waals surface area contributed by atoms with Crippen LogP contribution in [0.4, 0.5) is 0 Å². The molecule has 0 saturated carbocycles. The van der Waals surface area contributed by atoms with E-state index in [0.717, 1.165) is 31.6 Å². The van der Waals surface area contributed by atoms with Crippen LogP contribution < -0.4 is 16.0 Å². The van der Waals surface area contributed by atoms with Crippen LogP contribution in [0.15, 0.2) is 27.1 Å². The SMILES string of the molecule is COc1ccc(Br)c(C(Cc2c(Br)c(C)nn2C)NN)c1. The van der Waals surface area contributed by atoms with Gasteiger partial charge >= 0.3 is 0 Å². The quantitative estimate of drug-likeness (QED) is 0.579. The topological polar surface area (TPSA) is 65.1 Å². The third-order valence-electron chi connectivity index (χ3n) is 3.44. The van der Waals surface area contributed by atoms with Crippen molar-refractivity contribution in [3.63, 3.8) is 0 Å². The highest BCUT2D eigenvalue weighted by atomic mass is 79.9. The van der Waals surface area contributed by atoms with Gasteiger partial charge in [0.2, 0.25) is 0 Å². The lowest BCUT2D eigenvalue weighted by Gasteiger charge is -2.19. The molecule has 1 atom stereocenters. The number of rotatable bonds is 5. The van der Waals surface area contributed by atoms with E-state index < -0.39 is 0 Å². The van der Waals surface area contributed by atoms with Gasteiger partial charge in [-0.05, 0) is 46.6 Å². The van der Waals surface area contributed by atoms with Crippen molar-refractivity contribution in [2.75, 3.05) is 7.11 Å². The summed E-state index contributed by atoms with van der Waals surface area (Å²) in [5.41, 5.74) is 5.97. The Morgan fingerprint density at radius 1 is 1.43 bits per heavy atom.